The van der Waals surface area contributed by atoms with Gasteiger partial charge in [0, 0.05) is 17.5 Å². The predicted molar refractivity (Wildman–Crippen MR) is 75.4 cm³/mol. The number of nitrogens with zero attached hydrogens (tertiary/aromatic N) is 2. The minimum atomic E-state index is 0.321. The van der Waals surface area contributed by atoms with Crippen molar-refractivity contribution in [2.45, 2.75) is 34.1 Å². The summed E-state index contributed by atoms with van der Waals surface area (Å²) in [6, 6.07) is 10.5. The molecule has 1 heterocycles. The summed E-state index contributed by atoms with van der Waals surface area (Å²) in [7, 11) is 0. The molecule has 0 aliphatic carbocycles. The van der Waals surface area contributed by atoms with Gasteiger partial charge in [-0.2, -0.15) is 0 Å². The van der Waals surface area contributed by atoms with Gasteiger partial charge in [-0.1, -0.05) is 45.0 Å². The molecule has 0 unspecified atom stereocenters. The van der Waals surface area contributed by atoms with Gasteiger partial charge in [0.15, 0.2) is 5.82 Å². The van der Waals surface area contributed by atoms with E-state index in [4.69, 9.17) is 0 Å². The van der Waals surface area contributed by atoms with Crippen LogP contribution in [0.25, 0.3) is 11.4 Å². The molecule has 0 radical (unpaired) electrons. The van der Waals surface area contributed by atoms with Crippen LogP contribution < -0.4 is 0 Å². The van der Waals surface area contributed by atoms with E-state index in [1.165, 1.54) is 5.56 Å². The smallest absolute Gasteiger partial charge is 0.159 e. The Morgan fingerprint density at radius 2 is 1.67 bits per heavy atom. The highest BCUT2D eigenvalue weighted by molar-refractivity contribution is 5.55. The van der Waals surface area contributed by atoms with E-state index >= 15 is 0 Å². The quantitative estimate of drug-likeness (QED) is 0.791. The molecule has 18 heavy (non-hydrogen) atoms. The summed E-state index contributed by atoms with van der Waals surface area (Å²) in [5.74, 6) is 0.803. The van der Waals surface area contributed by atoms with E-state index in [9.17, 15) is 0 Å². The Bertz CT molecular complexity index is 522. The molecule has 0 N–H and O–H groups in total. The fourth-order valence-electron chi connectivity index (χ4n) is 1.97. The van der Waals surface area contributed by atoms with Gasteiger partial charge in [0.25, 0.3) is 0 Å². The minimum absolute atomic E-state index is 0.321. The van der Waals surface area contributed by atoms with Gasteiger partial charge in [-0.15, -0.1) is 0 Å². The molecule has 94 valence electrons. The first kappa shape index (κ1) is 12.7. The summed E-state index contributed by atoms with van der Waals surface area (Å²) in [6.07, 6.45) is 2.89. The number of rotatable bonds is 2. The van der Waals surface area contributed by atoms with Crippen LogP contribution in [0.1, 0.15) is 32.0 Å². The fourth-order valence-corrected chi connectivity index (χ4v) is 1.97. The maximum absolute atomic E-state index is 4.44. The van der Waals surface area contributed by atoms with Crippen LogP contribution in [-0.4, -0.2) is 9.97 Å². The normalized spacial score (nSPS) is 11.6. The van der Waals surface area contributed by atoms with Crippen LogP contribution in [0.15, 0.2) is 36.5 Å². The summed E-state index contributed by atoms with van der Waals surface area (Å²) in [5, 5.41) is 0. The van der Waals surface area contributed by atoms with Crippen molar-refractivity contribution in [2.24, 2.45) is 5.41 Å². The topological polar surface area (TPSA) is 25.8 Å². The van der Waals surface area contributed by atoms with E-state index in [1.54, 1.807) is 6.20 Å². The van der Waals surface area contributed by atoms with Crippen LogP contribution in [0, 0.1) is 12.3 Å². The summed E-state index contributed by atoms with van der Waals surface area (Å²) in [4.78, 5) is 8.74. The lowest BCUT2D eigenvalue weighted by molar-refractivity contribution is 0.411. The molecule has 2 aromatic rings. The molecule has 0 saturated carbocycles. The highest BCUT2D eigenvalue weighted by Crippen LogP contribution is 2.22. The Hall–Kier alpha value is -1.70. The summed E-state index contributed by atoms with van der Waals surface area (Å²) >= 11 is 0. The maximum Gasteiger partial charge on any atom is 0.159 e. The third kappa shape index (κ3) is 3.39. The Balaban J connectivity index is 2.22. The molecular formula is C16H20N2. The highest BCUT2D eigenvalue weighted by Gasteiger charge is 2.11. The van der Waals surface area contributed by atoms with Gasteiger partial charge in [-0.05, 0) is 30.4 Å². The summed E-state index contributed by atoms with van der Waals surface area (Å²) < 4.78 is 0. The average molecular weight is 240 g/mol. The van der Waals surface area contributed by atoms with Crippen LogP contribution in [-0.2, 0) is 6.42 Å². The highest BCUT2D eigenvalue weighted by atomic mass is 14.9. The Labute approximate surface area is 109 Å². The number of benzene rings is 1. The van der Waals surface area contributed by atoms with Gasteiger partial charge in [0.1, 0.15) is 0 Å². The lowest BCUT2D eigenvalue weighted by atomic mass is 9.88. The van der Waals surface area contributed by atoms with Gasteiger partial charge in [-0.25, -0.2) is 9.97 Å². The monoisotopic (exact) mass is 240 g/mol. The second-order valence-electron chi connectivity index (χ2n) is 5.96. The van der Waals surface area contributed by atoms with Crippen molar-refractivity contribution in [3.05, 3.63) is 47.8 Å². The van der Waals surface area contributed by atoms with Crippen LogP contribution in [0.3, 0.4) is 0 Å². The predicted octanol–water partition coefficient (Wildman–Crippen LogP) is 4.04. The molecule has 0 bridgehead atoms. The van der Waals surface area contributed by atoms with Crippen molar-refractivity contribution in [3.8, 4) is 11.4 Å². The number of hydrogen-bond donors (Lipinski definition) is 0. The molecule has 2 nitrogen and oxygen atoms in total. The molecule has 1 aromatic heterocycles. The molecule has 0 aliphatic heterocycles. The molecule has 1 aromatic carbocycles. The first-order chi connectivity index (χ1) is 8.44. The van der Waals surface area contributed by atoms with E-state index in [2.05, 4.69) is 55.0 Å². The van der Waals surface area contributed by atoms with Gasteiger partial charge < -0.3 is 0 Å². The van der Waals surface area contributed by atoms with E-state index in [0.717, 1.165) is 23.5 Å². The lowest BCUT2D eigenvalue weighted by Crippen LogP contribution is -2.08. The van der Waals surface area contributed by atoms with Crippen molar-refractivity contribution >= 4 is 0 Å². The third-order valence-corrected chi connectivity index (χ3v) is 2.74. The fraction of sp³-hybridized carbons (Fsp3) is 0.375. The molecule has 0 atom stereocenters. The third-order valence-electron chi connectivity index (χ3n) is 2.74. The van der Waals surface area contributed by atoms with Gasteiger partial charge in [-0.3, -0.25) is 0 Å². The zero-order valence-electron chi connectivity index (χ0n) is 11.6. The van der Waals surface area contributed by atoms with E-state index < -0.39 is 0 Å². The molecule has 0 amide bonds. The molecule has 0 spiro atoms. The van der Waals surface area contributed by atoms with Crippen LogP contribution >= 0.6 is 0 Å². The van der Waals surface area contributed by atoms with Gasteiger partial charge in [0.05, 0.1) is 0 Å². The largest absolute Gasteiger partial charge is 0.237 e. The van der Waals surface area contributed by atoms with Crippen LogP contribution in [0.5, 0.6) is 0 Å². The van der Waals surface area contributed by atoms with Crippen LogP contribution in [0.2, 0.25) is 0 Å². The van der Waals surface area contributed by atoms with E-state index in [1.807, 2.05) is 13.0 Å². The lowest BCUT2D eigenvalue weighted by Gasteiger charge is -2.18. The first-order valence-electron chi connectivity index (χ1n) is 6.33. The summed E-state index contributed by atoms with van der Waals surface area (Å²) in [5.41, 5.74) is 3.76. The van der Waals surface area contributed by atoms with Crippen molar-refractivity contribution in [2.75, 3.05) is 0 Å². The Kier molecular flexibility index (Phi) is 3.46. The number of aromatic nitrogens is 2. The zero-order chi connectivity index (χ0) is 13.2. The number of hydrogen-bond acceptors (Lipinski definition) is 2. The molecule has 2 heteroatoms. The SMILES string of the molecule is Cc1ccnc(-c2ccc(CC(C)(C)C)cc2)n1. The average Bonchev–Trinajstić information content (AvgIpc) is 2.28. The van der Waals surface area contributed by atoms with Gasteiger partial charge >= 0.3 is 0 Å². The van der Waals surface area contributed by atoms with Crippen molar-refractivity contribution in [3.63, 3.8) is 0 Å². The van der Waals surface area contributed by atoms with E-state index in [-0.39, 0.29) is 0 Å². The van der Waals surface area contributed by atoms with E-state index in [0.29, 0.717) is 5.41 Å². The molecule has 0 saturated heterocycles. The maximum atomic E-state index is 4.44. The molecule has 2 rings (SSSR count). The summed E-state index contributed by atoms with van der Waals surface area (Å²) in [6.45, 7) is 8.75. The molecule has 0 aliphatic rings. The minimum Gasteiger partial charge on any atom is -0.237 e. The standard InChI is InChI=1S/C16H20N2/c1-12-9-10-17-15(18-12)14-7-5-13(6-8-14)11-16(2,3)4/h5-10H,11H2,1-4H3. The Morgan fingerprint density at radius 3 is 2.22 bits per heavy atom. The second kappa shape index (κ2) is 4.89. The number of aryl methyl sites for hydroxylation is 1. The second-order valence-corrected chi connectivity index (χ2v) is 5.96. The zero-order valence-corrected chi connectivity index (χ0v) is 11.6. The van der Waals surface area contributed by atoms with Crippen molar-refractivity contribution < 1.29 is 0 Å². The van der Waals surface area contributed by atoms with Crippen molar-refractivity contribution in [1.29, 1.82) is 0 Å². The first-order valence-corrected chi connectivity index (χ1v) is 6.33. The van der Waals surface area contributed by atoms with Crippen molar-refractivity contribution in [1.82, 2.24) is 9.97 Å². The molecular weight excluding hydrogens is 220 g/mol. The Morgan fingerprint density at radius 1 is 1.00 bits per heavy atom. The van der Waals surface area contributed by atoms with Gasteiger partial charge in [0.2, 0.25) is 0 Å². The molecule has 0 fully saturated rings. The van der Waals surface area contributed by atoms with Crippen LogP contribution in [0.4, 0.5) is 0 Å².